The lowest BCUT2D eigenvalue weighted by Gasteiger charge is -2.15. The van der Waals surface area contributed by atoms with Crippen molar-refractivity contribution in [2.45, 2.75) is 13.0 Å². The van der Waals surface area contributed by atoms with Gasteiger partial charge >= 0.3 is 0 Å². The molecule has 3 heteroatoms. The molecule has 0 fully saturated rings. The number of hydrogen-bond donors (Lipinski definition) is 0. The number of carbonyl (C=O) groups excluding carboxylic acids is 2. The molecule has 2 aromatic carbocycles. The fourth-order valence-corrected chi connectivity index (χ4v) is 1.94. The molecule has 2 rings (SSSR count). The quantitative estimate of drug-likeness (QED) is 0.597. The molecule has 0 unspecified atom stereocenters. The van der Waals surface area contributed by atoms with E-state index >= 15 is 0 Å². The van der Waals surface area contributed by atoms with Crippen LogP contribution in [0.1, 0.15) is 27.6 Å². The number of benzene rings is 2. The molecule has 20 heavy (non-hydrogen) atoms. The molecule has 0 aliphatic heterocycles. The Bertz CT molecular complexity index is 524. The van der Waals surface area contributed by atoms with Gasteiger partial charge in [-0.1, -0.05) is 60.7 Å². The van der Waals surface area contributed by atoms with Gasteiger partial charge in [0.1, 0.15) is 0 Å². The summed E-state index contributed by atoms with van der Waals surface area (Å²) in [6.45, 7) is 2.07. The van der Waals surface area contributed by atoms with Crippen molar-refractivity contribution >= 4 is 11.6 Å². The molecule has 0 heterocycles. The fraction of sp³-hybridized carbons (Fsp3) is 0.176. The molecule has 0 spiro atoms. The number of hydrogen-bond acceptors (Lipinski definition) is 3. The van der Waals surface area contributed by atoms with Gasteiger partial charge in [-0.25, -0.2) is 0 Å². The molecule has 0 radical (unpaired) electrons. The van der Waals surface area contributed by atoms with E-state index in [-0.39, 0.29) is 11.6 Å². The van der Waals surface area contributed by atoms with Crippen molar-refractivity contribution < 1.29 is 14.3 Å². The summed E-state index contributed by atoms with van der Waals surface area (Å²) in [5, 5.41) is 0. The summed E-state index contributed by atoms with van der Waals surface area (Å²) >= 11 is 0. The lowest BCUT2D eigenvalue weighted by Crippen LogP contribution is -2.33. The summed E-state index contributed by atoms with van der Waals surface area (Å²) in [6, 6.07) is 17.5. The van der Waals surface area contributed by atoms with Crippen molar-refractivity contribution in [2.75, 3.05) is 6.61 Å². The van der Waals surface area contributed by atoms with Crippen LogP contribution in [0.15, 0.2) is 60.7 Å². The molecule has 102 valence electrons. The second-order valence-corrected chi connectivity index (χ2v) is 4.30. The Morgan fingerprint density at radius 3 is 1.60 bits per heavy atom. The van der Waals surface area contributed by atoms with E-state index in [9.17, 15) is 9.59 Å². The summed E-state index contributed by atoms with van der Waals surface area (Å²) in [5.74, 6) is -0.609. The Kier molecular flexibility index (Phi) is 4.80. The zero-order chi connectivity index (χ0) is 14.4. The highest BCUT2D eigenvalue weighted by atomic mass is 16.5. The van der Waals surface area contributed by atoms with Crippen LogP contribution >= 0.6 is 0 Å². The first-order valence-corrected chi connectivity index (χ1v) is 6.54. The topological polar surface area (TPSA) is 43.4 Å². The standard InChI is InChI=1S/C17H16O3/c1-2-20-17(15(18)13-9-5-3-6-10-13)16(19)14-11-7-4-8-12-14/h3-12,17H,2H2,1H3. The third kappa shape index (κ3) is 3.19. The monoisotopic (exact) mass is 268 g/mol. The molecule has 0 aliphatic rings. The van der Waals surface area contributed by atoms with E-state index in [1.165, 1.54) is 0 Å². The lowest BCUT2D eigenvalue weighted by atomic mass is 9.98. The van der Waals surface area contributed by atoms with E-state index in [4.69, 9.17) is 4.74 Å². The molecule has 0 saturated heterocycles. The minimum absolute atomic E-state index is 0.304. The second kappa shape index (κ2) is 6.78. The molecule has 0 atom stereocenters. The molecule has 0 bridgehead atoms. The summed E-state index contributed by atoms with van der Waals surface area (Å²) in [4.78, 5) is 24.8. The van der Waals surface area contributed by atoms with Gasteiger partial charge < -0.3 is 4.74 Å². The summed E-state index contributed by atoms with van der Waals surface area (Å²) in [6.07, 6.45) is -1.08. The maximum atomic E-state index is 12.4. The number of rotatable bonds is 6. The van der Waals surface area contributed by atoms with E-state index in [1.807, 2.05) is 12.1 Å². The van der Waals surface area contributed by atoms with Gasteiger partial charge in [0, 0.05) is 17.7 Å². The summed E-state index contributed by atoms with van der Waals surface area (Å²) in [7, 11) is 0. The van der Waals surface area contributed by atoms with Crippen LogP contribution in [0.3, 0.4) is 0 Å². The minimum atomic E-state index is -1.08. The van der Waals surface area contributed by atoms with Crippen LogP contribution in [-0.2, 0) is 4.74 Å². The van der Waals surface area contributed by atoms with E-state index in [1.54, 1.807) is 55.5 Å². The molecule has 3 nitrogen and oxygen atoms in total. The molecule has 0 aromatic heterocycles. The highest BCUT2D eigenvalue weighted by Gasteiger charge is 2.28. The van der Waals surface area contributed by atoms with Crippen LogP contribution in [0.2, 0.25) is 0 Å². The predicted octanol–water partition coefficient (Wildman–Crippen LogP) is 3.16. The number of ketones is 2. The number of carbonyl (C=O) groups is 2. The van der Waals surface area contributed by atoms with Gasteiger partial charge in [-0.3, -0.25) is 9.59 Å². The zero-order valence-electron chi connectivity index (χ0n) is 11.3. The van der Waals surface area contributed by atoms with Crippen molar-refractivity contribution in [3.05, 3.63) is 71.8 Å². The van der Waals surface area contributed by atoms with Crippen LogP contribution < -0.4 is 0 Å². The molecular formula is C17H16O3. The van der Waals surface area contributed by atoms with Gasteiger partial charge in [-0.05, 0) is 6.92 Å². The Labute approximate surface area is 118 Å². The van der Waals surface area contributed by atoms with Gasteiger partial charge in [0.2, 0.25) is 0 Å². The van der Waals surface area contributed by atoms with Crippen LogP contribution in [0.4, 0.5) is 0 Å². The smallest absolute Gasteiger partial charge is 0.199 e. The van der Waals surface area contributed by atoms with Gasteiger partial charge in [0.25, 0.3) is 0 Å². The van der Waals surface area contributed by atoms with Gasteiger partial charge in [0.15, 0.2) is 17.7 Å². The molecule has 0 saturated carbocycles. The maximum Gasteiger partial charge on any atom is 0.199 e. The first-order valence-electron chi connectivity index (χ1n) is 6.54. The van der Waals surface area contributed by atoms with Crippen molar-refractivity contribution in [1.29, 1.82) is 0 Å². The number of Topliss-reactive ketones (excluding diaryl/α,β-unsaturated/α-hetero) is 2. The van der Waals surface area contributed by atoms with Crippen LogP contribution in [0, 0.1) is 0 Å². The van der Waals surface area contributed by atoms with Crippen LogP contribution in [0.25, 0.3) is 0 Å². The zero-order valence-corrected chi connectivity index (χ0v) is 11.3. The van der Waals surface area contributed by atoms with Crippen molar-refractivity contribution in [3.63, 3.8) is 0 Å². The number of ether oxygens (including phenoxy) is 1. The lowest BCUT2D eigenvalue weighted by molar-refractivity contribution is 0.0402. The first kappa shape index (κ1) is 14.2. The average Bonchev–Trinajstić information content (AvgIpc) is 2.53. The second-order valence-electron chi connectivity index (χ2n) is 4.30. The Balaban J connectivity index is 2.27. The predicted molar refractivity (Wildman–Crippen MR) is 77.0 cm³/mol. The molecule has 2 aromatic rings. The highest BCUT2D eigenvalue weighted by Crippen LogP contribution is 2.12. The molecular weight excluding hydrogens is 252 g/mol. The van der Waals surface area contributed by atoms with Crippen LogP contribution in [0.5, 0.6) is 0 Å². The third-order valence-corrected chi connectivity index (χ3v) is 2.93. The molecule has 0 N–H and O–H groups in total. The van der Waals surface area contributed by atoms with Crippen molar-refractivity contribution in [3.8, 4) is 0 Å². The van der Waals surface area contributed by atoms with E-state index in [0.717, 1.165) is 0 Å². The molecule has 0 aliphatic carbocycles. The Hall–Kier alpha value is -2.26. The Morgan fingerprint density at radius 2 is 1.25 bits per heavy atom. The van der Waals surface area contributed by atoms with Crippen molar-refractivity contribution in [1.82, 2.24) is 0 Å². The van der Waals surface area contributed by atoms with E-state index in [2.05, 4.69) is 0 Å². The van der Waals surface area contributed by atoms with E-state index in [0.29, 0.717) is 17.7 Å². The SMILES string of the molecule is CCOC(C(=O)c1ccccc1)C(=O)c1ccccc1. The van der Waals surface area contributed by atoms with Crippen molar-refractivity contribution in [2.24, 2.45) is 0 Å². The Morgan fingerprint density at radius 1 is 0.850 bits per heavy atom. The van der Waals surface area contributed by atoms with Gasteiger partial charge in [0.05, 0.1) is 0 Å². The van der Waals surface area contributed by atoms with Crippen LogP contribution in [-0.4, -0.2) is 24.3 Å². The minimum Gasteiger partial charge on any atom is -0.362 e. The largest absolute Gasteiger partial charge is 0.362 e. The van der Waals surface area contributed by atoms with Gasteiger partial charge in [-0.15, -0.1) is 0 Å². The highest BCUT2D eigenvalue weighted by molar-refractivity contribution is 6.18. The van der Waals surface area contributed by atoms with E-state index < -0.39 is 6.10 Å². The summed E-state index contributed by atoms with van der Waals surface area (Å²) < 4.78 is 5.38. The van der Waals surface area contributed by atoms with Gasteiger partial charge in [-0.2, -0.15) is 0 Å². The maximum absolute atomic E-state index is 12.4. The fourth-order valence-electron chi connectivity index (χ4n) is 1.94. The normalized spacial score (nSPS) is 10.5. The molecule has 0 amide bonds. The summed E-state index contributed by atoms with van der Waals surface area (Å²) in [5.41, 5.74) is 0.963. The average molecular weight is 268 g/mol. The first-order chi connectivity index (χ1) is 9.74. The third-order valence-electron chi connectivity index (χ3n) is 2.93.